The Kier molecular flexibility index (Phi) is 2.78. The van der Waals surface area contributed by atoms with Crippen molar-refractivity contribution < 1.29 is 8.78 Å². The fourth-order valence-electron chi connectivity index (χ4n) is 0.595. The standard InChI is InChI=1S/C6H3BrClF2N/c7-5-1-3(6(9)10)4(8)2-11-5/h1-2,6H. The van der Waals surface area contributed by atoms with Crippen LogP contribution >= 0.6 is 27.5 Å². The monoisotopic (exact) mass is 241 g/mol. The van der Waals surface area contributed by atoms with Crippen molar-refractivity contribution in [1.82, 2.24) is 4.98 Å². The van der Waals surface area contributed by atoms with Crippen molar-refractivity contribution in [2.75, 3.05) is 0 Å². The molecule has 0 spiro atoms. The lowest BCUT2D eigenvalue weighted by molar-refractivity contribution is 0.151. The third-order valence-corrected chi connectivity index (χ3v) is 1.84. The molecule has 1 aromatic heterocycles. The van der Waals surface area contributed by atoms with Crippen LogP contribution in [0.25, 0.3) is 0 Å². The molecule has 0 unspecified atom stereocenters. The molecule has 60 valence electrons. The minimum atomic E-state index is -2.55. The minimum Gasteiger partial charge on any atom is -0.248 e. The quantitative estimate of drug-likeness (QED) is 0.688. The first-order valence-corrected chi connectivity index (χ1v) is 3.87. The SMILES string of the molecule is FC(F)c1cc(Br)ncc1Cl. The summed E-state index contributed by atoms with van der Waals surface area (Å²) in [5, 5.41) is -0.0109. The van der Waals surface area contributed by atoms with Crippen LogP contribution in [0.5, 0.6) is 0 Å². The molecule has 0 saturated carbocycles. The van der Waals surface area contributed by atoms with Crippen molar-refractivity contribution in [3.05, 3.63) is 27.5 Å². The summed E-state index contributed by atoms with van der Waals surface area (Å²) < 4.78 is 24.5. The van der Waals surface area contributed by atoms with E-state index in [0.29, 0.717) is 4.60 Å². The molecule has 0 aliphatic rings. The summed E-state index contributed by atoms with van der Waals surface area (Å²) in [6, 6.07) is 1.20. The van der Waals surface area contributed by atoms with Crippen molar-refractivity contribution in [3.8, 4) is 0 Å². The van der Waals surface area contributed by atoms with Crippen LogP contribution in [0.4, 0.5) is 8.78 Å². The van der Waals surface area contributed by atoms with Crippen molar-refractivity contribution in [1.29, 1.82) is 0 Å². The van der Waals surface area contributed by atoms with Gasteiger partial charge in [-0.3, -0.25) is 0 Å². The molecule has 0 atom stereocenters. The molecule has 1 aromatic rings. The third-order valence-electron chi connectivity index (χ3n) is 1.09. The minimum absolute atomic E-state index is 0.0109. The largest absolute Gasteiger partial charge is 0.265 e. The van der Waals surface area contributed by atoms with Gasteiger partial charge in [0.2, 0.25) is 0 Å². The highest BCUT2D eigenvalue weighted by atomic mass is 79.9. The molecule has 0 saturated heterocycles. The molecule has 1 heterocycles. The Hall–Kier alpha value is -0.220. The van der Waals surface area contributed by atoms with Gasteiger partial charge in [-0.15, -0.1) is 0 Å². The molecule has 0 amide bonds. The zero-order valence-electron chi connectivity index (χ0n) is 5.19. The van der Waals surface area contributed by atoms with Gasteiger partial charge in [-0.05, 0) is 22.0 Å². The third kappa shape index (κ3) is 2.10. The van der Waals surface area contributed by atoms with Crippen LogP contribution in [0.15, 0.2) is 16.9 Å². The molecule has 0 aromatic carbocycles. The van der Waals surface area contributed by atoms with Crippen LogP contribution in [0.1, 0.15) is 12.0 Å². The van der Waals surface area contributed by atoms with Gasteiger partial charge in [-0.1, -0.05) is 11.6 Å². The lowest BCUT2D eigenvalue weighted by Crippen LogP contribution is -1.87. The molecule has 0 aliphatic carbocycles. The van der Waals surface area contributed by atoms with E-state index >= 15 is 0 Å². The second kappa shape index (κ2) is 3.45. The molecular formula is C6H3BrClF2N. The summed E-state index contributed by atoms with van der Waals surface area (Å²) in [5.41, 5.74) is -0.200. The second-order valence-corrected chi connectivity index (χ2v) is 3.05. The molecule has 0 aliphatic heterocycles. The smallest absolute Gasteiger partial charge is 0.248 e. The zero-order chi connectivity index (χ0) is 8.43. The highest BCUT2D eigenvalue weighted by Gasteiger charge is 2.11. The van der Waals surface area contributed by atoms with E-state index in [4.69, 9.17) is 11.6 Å². The van der Waals surface area contributed by atoms with E-state index in [2.05, 4.69) is 20.9 Å². The highest BCUT2D eigenvalue weighted by molar-refractivity contribution is 9.10. The Morgan fingerprint density at radius 1 is 1.55 bits per heavy atom. The summed E-state index contributed by atoms with van der Waals surface area (Å²) in [6.07, 6.45) is -1.37. The number of nitrogens with zero attached hydrogens (tertiary/aromatic N) is 1. The Labute approximate surface area is 75.5 Å². The number of pyridine rings is 1. The summed E-state index contributed by atoms with van der Waals surface area (Å²) in [6.45, 7) is 0. The van der Waals surface area contributed by atoms with E-state index in [-0.39, 0.29) is 10.6 Å². The highest BCUT2D eigenvalue weighted by Crippen LogP contribution is 2.27. The normalized spacial score (nSPS) is 10.6. The van der Waals surface area contributed by atoms with Crippen LogP contribution in [0, 0.1) is 0 Å². The maximum absolute atomic E-state index is 12.1. The van der Waals surface area contributed by atoms with Crippen molar-refractivity contribution in [3.63, 3.8) is 0 Å². The van der Waals surface area contributed by atoms with Gasteiger partial charge in [0, 0.05) is 11.8 Å². The van der Waals surface area contributed by atoms with Gasteiger partial charge in [-0.25, -0.2) is 13.8 Å². The van der Waals surface area contributed by atoms with Crippen LogP contribution < -0.4 is 0 Å². The molecule has 0 N–H and O–H groups in total. The number of alkyl halides is 2. The number of rotatable bonds is 1. The molecule has 1 nitrogen and oxygen atoms in total. The predicted molar refractivity (Wildman–Crippen MR) is 41.9 cm³/mol. The lowest BCUT2D eigenvalue weighted by Gasteiger charge is -2.01. The fraction of sp³-hybridized carbons (Fsp3) is 0.167. The van der Waals surface area contributed by atoms with E-state index < -0.39 is 6.43 Å². The first kappa shape index (κ1) is 8.87. The van der Waals surface area contributed by atoms with Gasteiger partial charge in [0.05, 0.1) is 5.02 Å². The van der Waals surface area contributed by atoms with Crippen molar-refractivity contribution >= 4 is 27.5 Å². The maximum atomic E-state index is 12.1. The zero-order valence-corrected chi connectivity index (χ0v) is 7.53. The van der Waals surface area contributed by atoms with Crippen LogP contribution in [0.3, 0.4) is 0 Å². The summed E-state index contributed by atoms with van der Waals surface area (Å²) in [5.74, 6) is 0. The topological polar surface area (TPSA) is 12.9 Å². The number of hydrogen-bond acceptors (Lipinski definition) is 1. The van der Waals surface area contributed by atoms with Gasteiger partial charge < -0.3 is 0 Å². The Morgan fingerprint density at radius 2 is 2.18 bits per heavy atom. The maximum Gasteiger partial charge on any atom is 0.265 e. The molecule has 0 bridgehead atoms. The van der Waals surface area contributed by atoms with E-state index in [1.807, 2.05) is 0 Å². The Balaban J connectivity index is 3.13. The summed E-state index contributed by atoms with van der Waals surface area (Å²) >= 11 is 8.39. The number of hydrogen-bond donors (Lipinski definition) is 0. The van der Waals surface area contributed by atoms with Gasteiger partial charge in [0.1, 0.15) is 4.60 Å². The first-order valence-electron chi connectivity index (χ1n) is 2.70. The molecule has 5 heteroatoms. The average Bonchev–Trinajstić information content (AvgIpc) is 1.94. The Morgan fingerprint density at radius 3 is 2.64 bits per heavy atom. The van der Waals surface area contributed by atoms with E-state index in [0.717, 1.165) is 0 Å². The predicted octanol–water partition coefficient (Wildman–Crippen LogP) is 3.44. The average molecular weight is 242 g/mol. The number of halogens is 4. The number of aromatic nitrogens is 1. The van der Waals surface area contributed by atoms with Gasteiger partial charge in [0.15, 0.2) is 0 Å². The van der Waals surface area contributed by atoms with E-state index in [9.17, 15) is 8.78 Å². The van der Waals surface area contributed by atoms with Crippen LogP contribution in [-0.4, -0.2) is 4.98 Å². The molecule has 0 fully saturated rings. The summed E-state index contributed by atoms with van der Waals surface area (Å²) in [7, 11) is 0. The molecule has 11 heavy (non-hydrogen) atoms. The van der Waals surface area contributed by atoms with Gasteiger partial charge in [0.25, 0.3) is 6.43 Å². The van der Waals surface area contributed by atoms with Gasteiger partial charge >= 0.3 is 0 Å². The molecule has 1 rings (SSSR count). The fourth-order valence-corrected chi connectivity index (χ4v) is 1.13. The molecule has 0 radical (unpaired) electrons. The van der Waals surface area contributed by atoms with Crippen molar-refractivity contribution in [2.45, 2.75) is 6.43 Å². The van der Waals surface area contributed by atoms with Gasteiger partial charge in [-0.2, -0.15) is 0 Å². The van der Waals surface area contributed by atoms with E-state index in [1.54, 1.807) is 0 Å². The second-order valence-electron chi connectivity index (χ2n) is 1.83. The lowest BCUT2D eigenvalue weighted by atomic mass is 10.3. The van der Waals surface area contributed by atoms with Crippen LogP contribution in [-0.2, 0) is 0 Å². The Bertz CT molecular complexity index is 267. The van der Waals surface area contributed by atoms with Crippen LogP contribution in [0.2, 0.25) is 5.02 Å². The van der Waals surface area contributed by atoms with E-state index in [1.165, 1.54) is 12.3 Å². The summed E-state index contributed by atoms with van der Waals surface area (Å²) in [4.78, 5) is 3.67. The first-order chi connectivity index (χ1) is 5.11. The van der Waals surface area contributed by atoms with Crippen molar-refractivity contribution in [2.24, 2.45) is 0 Å². The molecular weight excluding hydrogens is 239 g/mol.